The lowest BCUT2D eigenvalue weighted by Crippen LogP contribution is -2.61. The molecule has 0 unspecified atom stereocenters. The van der Waals surface area contributed by atoms with E-state index in [0.29, 0.717) is 0 Å². The van der Waals surface area contributed by atoms with E-state index in [0.717, 1.165) is 38.7 Å². The highest BCUT2D eigenvalue weighted by molar-refractivity contribution is 5.79. The van der Waals surface area contributed by atoms with E-state index in [-0.39, 0.29) is 0 Å². The first-order chi connectivity index (χ1) is 14.9. The first-order valence-corrected chi connectivity index (χ1v) is 10.4. The van der Waals surface area contributed by atoms with Crippen molar-refractivity contribution >= 4 is 5.96 Å². The fraction of sp³-hybridized carbons (Fsp3) is 0.261. The number of hydrazine groups is 3. The van der Waals surface area contributed by atoms with Crippen molar-refractivity contribution in [2.75, 3.05) is 32.7 Å². The number of hydrogen-bond donors (Lipinski definition) is 0. The van der Waals surface area contributed by atoms with Gasteiger partial charge in [0.25, 0.3) is 5.96 Å². The normalized spacial score (nSPS) is 20.0. The van der Waals surface area contributed by atoms with Gasteiger partial charge < -0.3 is 0 Å². The summed E-state index contributed by atoms with van der Waals surface area (Å²) >= 11 is 0. The molecule has 0 N–H and O–H groups in total. The quantitative estimate of drug-likeness (QED) is 0.518. The van der Waals surface area contributed by atoms with Gasteiger partial charge in [0.15, 0.2) is 0 Å². The predicted molar refractivity (Wildman–Crippen MR) is 122 cm³/mol. The summed E-state index contributed by atoms with van der Waals surface area (Å²) in [7, 11) is 0. The third kappa shape index (κ3) is 4.51. The lowest BCUT2D eigenvalue weighted by atomic mass is 10.4. The molecule has 0 atom stereocenters. The average molecular weight is 404 g/mol. The van der Waals surface area contributed by atoms with Crippen LogP contribution in [-0.2, 0) is 0 Å². The van der Waals surface area contributed by atoms with Crippen molar-refractivity contribution in [3.05, 3.63) is 97.7 Å². The molecular formula is C23H29N7. The highest BCUT2D eigenvalue weighted by Gasteiger charge is 2.30. The maximum Gasteiger partial charge on any atom is 0.277 e. The molecule has 7 heteroatoms. The summed E-state index contributed by atoms with van der Waals surface area (Å²) in [6.45, 7) is 6.02. The van der Waals surface area contributed by atoms with Crippen LogP contribution in [0.1, 0.15) is 6.92 Å². The average Bonchev–Trinajstić information content (AvgIpc) is 2.82. The molecule has 0 aromatic rings. The van der Waals surface area contributed by atoms with Crippen molar-refractivity contribution in [1.82, 2.24) is 30.2 Å². The lowest BCUT2D eigenvalue weighted by Gasteiger charge is -2.47. The molecule has 0 bridgehead atoms. The second-order valence-electron chi connectivity index (χ2n) is 6.97. The largest absolute Gasteiger partial charge is 0.286 e. The predicted octanol–water partition coefficient (Wildman–Crippen LogP) is 3.17. The molecule has 4 aliphatic rings. The van der Waals surface area contributed by atoms with Crippen molar-refractivity contribution in [2.24, 2.45) is 5.10 Å². The van der Waals surface area contributed by atoms with Crippen LogP contribution in [0, 0.1) is 0 Å². The zero-order valence-electron chi connectivity index (χ0n) is 17.4. The van der Waals surface area contributed by atoms with Gasteiger partial charge in [-0.25, -0.2) is 0 Å². The summed E-state index contributed by atoms with van der Waals surface area (Å²) in [5.74, 6) is 0.831. The first kappa shape index (κ1) is 19.7. The van der Waals surface area contributed by atoms with Gasteiger partial charge in [-0.2, -0.15) is 5.12 Å². The summed E-state index contributed by atoms with van der Waals surface area (Å²) < 4.78 is 0. The van der Waals surface area contributed by atoms with Gasteiger partial charge in [-0.1, -0.05) is 48.6 Å². The molecule has 0 saturated carbocycles. The molecule has 4 rings (SSSR count). The highest BCUT2D eigenvalue weighted by atomic mass is 15.9. The van der Waals surface area contributed by atoms with Crippen LogP contribution in [0.15, 0.2) is 103 Å². The summed E-state index contributed by atoms with van der Waals surface area (Å²) in [6.07, 6.45) is 33.3. The number of allylic oxidation sites excluding steroid dienone is 8. The van der Waals surface area contributed by atoms with Crippen molar-refractivity contribution in [2.45, 2.75) is 6.92 Å². The molecule has 4 heterocycles. The van der Waals surface area contributed by atoms with E-state index in [9.17, 15) is 0 Å². The third-order valence-corrected chi connectivity index (χ3v) is 4.92. The van der Waals surface area contributed by atoms with Gasteiger partial charge in [0.2, 0.25) is 0 Å². The number of hydrogen-bond acceptors (Lipinski definition) is 5. The smallest absolute Gasteiger partial charge is 0.277 e. The van der Waals surface area contributed by atoms with E-state index in [1.54, 1.807) is 0 Å². The Balaban J connectivity index is 1.74. The number of guanidine groups is 1. The standard InChI is InChI=1S/C23H29N7/c1-2-29(26-17-9-4-10-18-26)23(24-25-15-7-3-8-16-25)30(27-19-11-5-12-20-27)28-21-13-6-14-22-28/h3-15,17,19,21H,2,16,18,20,22H2,1H3. The summed E-state index contributed by atoms with van der Waals surface area (Å²) in [5, 5.41) is 18.0. The molecule has 0 fully saturated rings. The molecule has 156 valence electrons. The second-order valence-corrected chi connectivity index (χ2v) is 6.97. The Morgan fingerprint density at radius 3 is 1.60 bits per heavy atom. The summed E-state index contributed by atoms with van der Waals surface area (Å²) in [4.78, 5) is 0. The van der Waals surface area contributed by atoms with E-state index < -0.39 is 0 Å². The van der Waals surface area contributed by atoms with Gasteiger partial charge in [0, 0.05) is 31.3 Å². The van der Waals surface area contributed by atoms with Crippen LogP contribution in [0.4, 0.5) is 0 Å². The van der Waals surface area contributed by atoms with Gasteiger partial charge >= 0.3 is 0 Å². The topological polar surface area (TPSA) is 31.8 Å². The molecule has 7 nitrogen and oxygen atoms in total. The minimum Gasteiger partial charge on any atom is -0.286 e. The molecule has 4 aliphatic heterocycles. The van der Waals surface area contributed by atoms with Crippen LogP contribution >= 0.6 is 0 Å². The Morgan fingerprint density at radius 1 is 0.667 bits per heavy atom. The molecule has 0 saturated heterocycles. The SMILES string of the molecule is CCN(C(=NN1C=CC=CC1)N(N1C=CC=CC1)N1C=CC=CC1)N1C=CC=CC1. The van der Waals surface area contributed by atoms with Gasteiger partial charge in [-0.3, -0.25) is 25.0 Å². The minimum absolute atomic E-state index is 0.743. The Morgan fingerprint density at radius 2 is 1.17 bits per heavy atom. The second kappa shape index (κ2) is 9.73. The number of hydrazone groups is 1. The van der Waals surface area contributed by atoms with Crippen LogP contribution < -0.4 is 0 Å². The Kier molecular flexibility index (Phi) is 6.39. The number of rotatable bonds is 5. The van der Waals surface area contributed by atoms with E-state index in [2.05, 4.69) is 118 Å². The molecule has 0 aliphatic carbocycles. The van der Waals surface area contributed by atoms with Gasteiger partial charge in [-0.05, 0) is 31.2 Å². The monoisotopic (exact) mass is 403 g/mol. The summed E-state index contributed by atoms with van der Waals surface area (Å²) in [5.41, 5.74) is 0. The molecule has 30 heavy (non-hydrogen) atoms. The van der Waals surface area contributed by atoms with E-state index in [1.807, 2.05) is 17.3 Å². The van der Waals surface area contributed by atoms with Crippen LogP contribution in [0.5, 0.6) is 0 Å². The third-order valence-electron chi connectivity index (χ3n) is 4.92. The maximum atomic E-state index is 5.10. The molecule has 0 radical (unpaired) electrons. The molecule has 0 spiro atoms. The van der Waals surface area contributed by atoms with Crippen molar-refractivity contribution in [3.63, 3.8) is 0 Å². The Labute approximate surface area is 179 Å². The molecule has 0 amide bonds. The lowest BCUT2D eigenvalue weighted by molar-refractivity contribution is -0.0793. The van der Waals surface area contributed by atoms with Gasteiger partial charge in [-0.15, -0.1) is 5.10 Å². The maximum absolute atomic E-state index is 5.10. The van der Waals surface area contributed by atoms with Gasteiger partial charge in [0.1, 0.15) is 0 Å². The minimum atomic E-state index is 0.743. The van der Waals surface area contributed by atoms with Crippen LogP contribution in [0.3, 0.4) is 0 Å². The van der Waals surface area contributed by atoms with Crippen molar-refractivity contribution in [1.29, 1.82) is 0 Å². The number of nitrogens with zero attached hydrogens (tertiary/aromatic N) is 7. The van der Waals surface area contributed by atoms with Crippen LogP contribution in [0.2, 0.25) is 0 Å². The Hall–Kier alpha value is -3.61. The molecular weight excluding hydrogens is 374 g/mol. The fourth-order valence-electron chi connectivity index (χ4n) is 3.49. The van der Waals surface area contributed by atoms with Gasteiger partial charge in [0.05, 0.1) is 26.2 Å². The fourth-order valence-corrected chi connectivity index (χ4v) is 3.49. The highest BCUT2D eigenvalue weighted by Crippen LogP contribution is 2.18. The van der Waals surface area contributed by atoms with Crippen LogP contribution in [0.25, 0.3) is 0 Å². The van der Waals surface area contributed by atoms with E-state index in [4.69, 9.17) is 5.10 Å². The van der Waals surface area contributed by atoms with Crippen molar-refractivity contribution < 1.29 is 0 Å². The zero-order valence-corrected chi connectivity index (χ0v) is 17.4. The zero-order chi connectivity index (χ0) is 20.6. The summed E-state index contributed by atoms with van der Waals surface area (Å²) in [6, 6.07) is 0. The first-order valence-electron chi connectivity index (χ1n) is 10.4. The van der Waals surface area contributed by atoms with E-state index in [1.165, 1.54) is 0 Å². The van der Waals surface area contributed by atoms with E-state index >= 15 is 0 Å². The molecule has 0 aromatic carbocycles. The Bertz CT molecular complexity index is 829. The van der Waals surface area contributed by atoms with Crippen LogP contribution in [-0.4, -0.2) is 68.8 Å². The van der Waals surface area contributed by atoms with Crippen molar-refractivity contribution in [3.8, 4) is 0 Å². The molecule has 0 aromatic heterocycles.